The molecule has 0 aliphatic heterocycles. The maximum Gasteiger partial charge on any atom is 0.190 e. The summed E-state index contributed by atoms with van der Waals surface area (Å²) >= 11 is 12.4. The van der Waals surface area contributed by atoms with Gasteiger partial charge in [0.25, 0.3) is 0 Å². The van der Waals surface area contributed by atoms with Crippen molar-refractivity contribution in [3.63, 3.8) is 0 Å². The molecule has 0 spiro atoms. The van der Waals surface area contributed by atoms with Crippen LogP contribution in [0.25, 0.3) is 34.0 Å². The van der Waals surface area contributed by atoms with E-state index in [0.717, 1.165) is 33.8 Å². The third-order valence-electron chi connectivity index (χ3n) is 5.03. The highest BCUT2D eigenvalue weighted by Gasteiger charge is 2.22. The lowest BCUT2D eigenvalue weighted by atomic mass is 10.0. The Bertz CT molecular complexity index is 1370. The SMILES string of the molecule is Cc1ccccc1-c1c(-c2nnnn2-c2ccccc2)cnn1-c1ccc(Cl)c(Cl)c1. The van der Waals surface area contributed by atoms with Gasteiger partial charge in [-0.15, -0.1) is 5.10 Å². The summed E-state index contributed by atoms with van der Waals surface area (Å²) < 4.78 is 3.54. The normalized spacial score (nSPS) is 11.1. The summed E-state index contributed by atoms with van der Waals surface area (Å²) in [6.07, 6.45) is 1.77. The molecule has 0 amide bonds. The predicted octanol–water partition coefficient (Wildman–Crippen LogP) is 5.80. The Kier molecular flexibility index (Phi) is 5.02. The number of halogens is 2. The van der Waals surface area contributed by atoms with Crippen molar-refractivity contribution in [3.8, 4) is 34.0 Å². The van der Waals surface area contributed by atoms with E-state index >= 15 is 0 Å². The largest absolute Gasteiger partial charge is 0.232 e. The lowest BCUT2D eigenvalue weighted by Crippen LogP contribution is -2.03. The van der Waals surface area contributed by atoms with Crippen LogP contribution in [-0.4, -0.2) is 30.0 Å². The Morgan fingerprint density at radius 2 is 1.52 bits per heavy atom. The number of aryl methyl sites for hydroxylation is 1. The van der Waals surface area contributed by atoms with Crippen LogP contribution in [0.1, 0.15) is 5.56 Å². The van der Waals surface area contributed by atoms with Gasteiger partial charge in [0, 0.05) is 5.56 Å². The van der Waals surface area contributed by atoms with Gasteiger partial charge in [-0.25, -0.2) is 4.68 Å². The second-order valence-corrected chi connectivity index (χ2v) is 7.80. The summed E-state index contributed by atoms with van der Waals surface area (Å²) in [4.78, 5) is 0. The summed E-state index contributed by atoms with van der Waals surface area (Å²) in [6.45, 7) is 2.06. The van der Waals surface area contributed by atoms with Gasteiger partial charge in [0.05, 0.1) is 38.9 Å². The van der Waals surface area contributed by atoms with Crippen molar-refractivity contribution in [1.82, 2.24) is 30.0 Å². The number of nitrogens with zero attached hydrogens (tertiary/aromatic N) is 6. The number of aromatic nitrogens is 6. The van der Waals surface area contributed by atoms with Gasteiger partial charge in [0.1, 0.15) is 0 Å². The van der Waals surface area contributed by atoms with Gasteiger partial charge in [-0.2, -0.15) is 9.78 Å². The maximum atomic E-state index is 6.30. The minimum Gasteiger partial charge on any atom is -0.232 e. The Morgan fingerprint density at radius 3 is 2.29 bits per heavy atom. The summed E-state index contributed by atoms with van der Waals surface area (Å²) in [7, 11) is 0. The molecular formula is C23H16Cl2N6. The molecule has 5 rings (SSSR count). The zero-order valence-electron chi connectivity index (χ0n) is 16.4. The number of rotatable bonds is 4. The van der Waals surface area contributed by atoms with E-state index in [-0.39, 0.29) is 0 Å². The molecule has 152 valence electrons. The summed E-state index contributed by atoms with van der Waals surface area (Å²) in [5.41, 5.74) is 5.43. The van der Waals surface area contributed by atoms with Crippen LogP contribution in [0.5, 0.6) is 0 Å². The number of para-hydroxylation sites is 1. The van der Waals surface area contributed by atoms with Crippen LogP contribution < -0.4 is 0 Å². The molecule has 6 nitrogen and oxygen atoms in total. The molecule has 0 N–H and O–H groups in total. The summed E-state index contributed by atoms with van der Waals surface area (Å²) in [6, 6.07) is 23.3. The van der Waals surface area contributed by atoms with Crippen molar-refractivity contribution in [2.24, 2.45) is 0 Å². The van der Waals surface area contributed by atoms with Crippen molar-refractivity contribution in [2.75, 3.05) is 0 Å². The fourth-order valence-corrected chi connectivity index (χ4v) is 3.81. The Balaban J connectivity index is 1.77. The maximum absolute atomic E-state index is 6.30. The average Bonchev–Trinajstić information content (AvgIpc) is 3.44. The fourth-order valence-electron chi connectivity index (χ4n) is 3.52. The lowest BCUT2D eigenvalue weighted by molar-refractivity contribution is 0.791. The first-order chi connectivity index (χ1) is 15.1. The van der Waals surface area contributed by atoms with Crippen LogP contribution in [0, 0.1) is 6.92 Å². The Labute approximate surface area is 188 Å². The van der Waals surface area contributed by atoms with E-state index in [1.807, 2.05) is 53.2 Å². The highest BCUT2D eigenvalue weighted by Crippen LogP contribution is 2.36. The number of benzene rings is 3. The van der Waals surface area contributed by atoms with Crippen molar-refractivity contribution in [1.29, 1.82) is 0 Å². The molecule has 0 atom stereocenters. The second kappa shape index (κ2) is 7.98. The van der Waals surface area contributed by atoms with Gasteiger partial charge in [-0.05, 0) is 53.2 Å². The van der Waals surface area contributed by atoms with Crippen molar-refractivity contribution in [2.45, 2.75) is 6.92 Å². The summed E-state index contributed by atoms with van der Waals surface area (Å²) in [5, 5.41) is 18.1. The van der Waals surface area contributed by atoms with Crippen molar-refractivity contribution >= 4 is 23.2 Å². The smallest absolute Gasteiger partial charge is 0.190 e. The second-order valence-electron chi connectivity index (χ2n) is 6.98. The van der Waals surface area contributed by atoms with Crippen molar-refractivity contribution < 1.29 is 0 Å². The van der Waals surface area contributed by atoms with Crippen LogP contribution in [0.4, 0.5) is 0 Å². The van der Waals surface area contributed by atoms with Gasteiger partial charge in [0.15, 0.2) is 5.82 Å². The Hall–Kier alpha value is -3.48. The third-order valence-corrected chi connectivity index (χ3v) is 5.77. The number of hydrogen-bond acceptors (Lipinski definition) is 4. The molecule has 3 aromatic carbocycles. The minimum absolute atomic E-state index is 0.459. The fraction of sp³-hybridized carbons (Fsp3) is 0.0435. The molecular weight excluding hydrogens is 431 g/mol. The van der Waals surface area contributed by atoms with E-state index in [1.165, 1.54) is 0 Å². The highest BCUT2D eigenvalue weighted by molar-refractivity contribution is 6.42. The molecule has 0 saturated carbocycles. The van der Waals surface area contributed by atoms with E-state index in [4.69, 9.17) is 23.2 Å². The van der Waals surface area contributed by atoms with Crippen LogP contribution in [0.2, 0.25) is 10.0 Å². The predicted molar refractivity (Wildman–Crippen MR) is 122 cm³/mol. The van der Waals surface area contributed by atoms with Gasteiger partial charge in [0.2, 0.25) is 0 Å². The minimum atomic E-state index is 0.459. The van der Waals surface area contributed by atoms with Gasteiger partial charge >= 0.3 is 0 Å². The van der Waals surface area contributed by atoms with E-state index < -0.39 is 0 Å². The monoisotopic (exact) mass is 446 g/mol. The lowest BCUT2D eigenvalue weighted by Gasteiger charge is -2.13. The van der Waals surface area contributed by atoms with E-state index in [2.05, 4.69) is 39.7 Å². The molecule has 0 bridgehead atoms. The topological polar surface area (TPSA) is 61.4 Å². The molecule has 0 fully saturated rings. The first-order valence-corrected chi connectivity index (χ1v) is 10.3. The molecule has 0 radical (unpaired) electrons. The molecule has 5 aromatic rings. The van der Waals surface area contributed by atoms with E-state index in [0.29, 0.717) is 15.9 Å². The Morgan fingerprint density at radius 1 is 0.742 bits per heavy atom. The average molecular weight is 447 g/mol. The van der Waals surface area contributed by atoms with Crippen LogP contribution >= 0.6 is 23.2 Å². The zero-order chi connectivity index (χ0) is 21.4. The van der Waals surface area contributed by atoms with E-state index in [9.17, 15) is 0 Å². The third kappa shape index (κ3) is 3.50. The standard InChI is InChI=1S/C23H16Cl2N6/c1-15-7-5-6-10-18(15)22-19(14-26-30(22)17-11-12-20(24)21(25)13-17)23-27-28-29-31(23)16-8-3-2-4-9-16/h2-14H,1H3. The van der Waals surface area contributed by atoms with Gasteiger partial charge in [-0.3, -0.25) is 0 Å². The summed E-state index contributed by atoms with van der Waals surface area (Å²) in [5.74, 6) is 0.593. The molecule has 2 heterocycles. The highest BCUT2D eigenvalue weighted by atomic mass is 35.5. The molecule has 0 aliphatic carbocycles. The molecule has 8 heteroatoms. The number of hydrogen-bond donors (Lipinski definition) is 0. The molecule has 0 unspecified atom stereocenters. The van der Waals surface area contributed by atoms with Gasteiger partial charge in [-0.1, -0.05) is 65.7 Å². The first kappa shape index (κ1) is 19.5. The van der Waals surface area contributed by atoms with Crippen LogP contribution in [0.15, 0.2) is 79.0 Å². The quantitative estimate of drug-likeness (QED) is 0.350. The zero-order valence-corrected chi connectivity index (χ0v) is 18.0. The van der Waals surface area contributed by atoms with Crippen molar-refractivity contribution in [3.05, 3.63) is 94.6 Å². The van der Waals surface area contributed by atoms with Crippen LogP contribution in [-0.2, 0) is 0 Å². The molecule has 31 heavy (non-hydrogen) atoms. The molecule has 0 aliphatic rings. The van der Waals surface area contributed by atoms with E-state index in [1.54, 1.807) is 23.0 Å². The number of tetrazole rings is 1. The van der Waals surface area contributed by atoms with Gasteiger partial charge < -0.3 is 0 Å². The van der Waals surface area contributed by atoms with Crippen LogP contribution in [0.3, 0.4) is 0 Å². The molecule has 2 aromatic heterocycles. The molecule has 0 saturated heterocycles. The first-order valence-electron chi connectivity index (χ1n) is 9.57.